The zero-order chi connectivity index (χ0) is 14.2. The second-order valence-corrected chi connectivity index (χ2v) is 5.62. The molecule has 4 nitrogen and oxygen atoms in total. The topological polar surface area (TPSA) is 42.2 Å². The Kier molecular flexibility index (Phi) is 3.04. The largest absolute Gasteiger partial charge is 0.425 e. The van der Waals surface area contributed by atoms with Crippen molar-refractivity contribution in [3.63, 3.8) is 0 Å². The smallest absolute Gasteiger partial charge is 0.249 e. The summed E-state index contributed by atoms with van der Waals surface area (Å²) in [6.07, 6.45) is 3.85. The van der Waals surface area contributed by atoms with Gasteiger partial charge in [0.25, 0.3) is 0 Å². The van der Waals surface area contributed by atoms with Crippen molar-refractivity contribution in [1.29, 1.82) is 0 Å². The number of oxazole rings is 1. The van der Waals surface area contributed by atoms with E-state index in [0.717, 1.165) is 35.6 Å². The molecule has 3 heterocycles. The van der Waals surface area contributed by atoms with E-state index in [-0.39, 0.29) is 0 Å². The second kappa shape index (κ2) is 5.04. The van der Waals surface area contributed by atoms with Gasteiger partial charge < -0.3 is 9.32 Å². The summed E-state index contributed by atoms with van der Waals surface area (Å²) in [4.78, 5) is 11.2. The fraction of sp³-hybridized carbons (Fsp3) is 0.250. The molecule has 1 aromatic carbocycles. The van der Waals surface area contributed by atoms with Gasteiger partial charge >= 0.3 is 0 Å². The van der Waals surface area contributed by atoms with Crippen LogP contribution in [-0.4, -0.2) is 23.1 Å². The van der Waals surface area contributed by atoms with Crippen molar-refractivity contribution in [1.82, 2.24) is 9.97 Å². The van der Waals surface area contributed by atoms with Gasteiger partial charge in [-0.1, -0.05) is 29.8 Å². The Balaban J connectivity index is 1.94. The first-order chi connectivity index (χ1) is 10.3. The van der Waals surface area contributed by atoms with Crippen molar-refractivity contribution in [3.05, 3.63) is 41.7 Å². The molecular weight excluding hydrogens is 286 g/mol. The molecule has 0 spiro atoms. The fourth-order valence-corrected chi connectivity index (χ4v) is 3.07. The number of hydrogen-bond acceptors (Lipinski definition) is 4. The summed E-state index contributed by atoms with van der Waals surface area (Å²) >= 11 is 6.35. The molecule has 1 aliphatic heterocycles. The summed E-state index contributed by atoms with van der Waals surface area (Å²) in [5, 5.41) is 0.709. The average Bonchev–Trinajstić information content (AvgIpc) is 3.18. The van der Waals surface area contributed by atoms with Gasteiger partial charge in [-0.05, 0) is 25.0 Å². The minimum Gasteiger partial charge on any atom is -0.425 e. The Hall–Kier alpha value is -2.07. The monoisotopic (exact) mass is 299 g/mol. The number of halogens is 1. The maximum Gasteiger partial charge on any atom is 0.249 e. The third-order valence-corrected chi connectivity index (χ3v) is 4.22. The van der Waals surface area contributed by atoms with E-state index >= 15 is 0 Å². The molecule has 4 rings (SSSR count). The van der Waals surface area contributed by atoms with Crippen molar-refractivity contribution >= 4 is 28.6 Å². The Morgan fingerprint density at radius 1 is 1.10 bits per heavy atom. The predicted octanol–water partition coefficient (Wildman–Crippen LogP) is 4.14. The maximum atomic E-state index is 6.35. The lowest BCUT2D eigenvalue weighted by molar-refractivity contribution is 0.590. The Morgan fingerprint density at radius 3 is 2.71 bits per heavy atom. The maximum absolute atomic E-state index is 6.35. The SMILES string of the molecule is Clc1ccccc1-c1cc(N2CCCC2)nc2ocnc12. The van der Waals surface area contributed by atoms with Crippen molar-refractivity contribution in [3.8, 4) is 11.1 Å². The number of pyridine rings is 1. The zero-order valence-electron chi connectivity index (χ0n) is 11.4. The summed E-state index contributed by atoms with van der Waals surface area (Å²) in [5.74, 6) is 0.937. The lowest BCUT2D eigenvalue weighted by Gasteiger charge is -2.17. The van der Waals surface area contributed by atoms with Crippen LogP contribution in [0.5, 0.6) is 0 Å². The molecule has 0 radical (unpaired) electrons. The van der Waals surface area contributed by atoms with E-state index in [1.54, 1.807) is 0 Å². The number of benzene rings is 1. The standard InChI is InChI=1S/C16H14ClN3O/c17-13-6-2-1-5-11(13)12-9-14(20-7-3-4-8-20)19-16-15(12)18-10-21-16/h1-2,5-6,9-10H,3-4,7-8H2. The van der Waals surface area contributed by atoms with Crippen LogP contribution in [0.15, 0.2) is 41.1 Å². The first-order valence-electron chi connectivity index (χ1n) is 7.07. The van der Waals surface area contributed by atoms with E-state index < -0.39 is 0 Å². The van der Waals surface area contributed by atoms with Crippen LogP contribution in [0.1, 0.15) is 12.8 Å². The number of rotatable bonds is 2. The molecule has 0 saturated carbocycles. The summed E-state index contributed by atoms with van der Waals surface area (Å²) in [7, 11) is 0. The molecule has 1 saturated heterocycles. The summed E-state index contributed by atoms with van der Waals surface area (Å²) in [6, 6.07) is 9.85. The van der Waals surface area contributed by atoms with Crippen molar-refractivity contribution < 1.29 is 4.42 Å². The lowest BCUT2D eigenvalue weighted by Crippen LogP contribution is -2.18. The van der Waals surface area contributed by atoms with Gasteiger partial charge in [-0.3, -0.25) is 0 Å². The second-order valence-electron chi connectivity index (χ2n) is 5.21. The Morgan fingerprint density at radius 2 is 1.90 bits per heavy atom. The van der Waals surface area contributed by atoms with E-state index in [0.29, 0.717) is 10.7 Å². The Bertz CT molecular complexity index is 793. The van der Waals surface area contributed by atoms with E-state index in [2.05, 4.69) is 20.9 Å². The fourth-order valence-electron chi connectivity index (χ4n) is 2.83. The first-order valence-corrected chi connectivity index (χ1v) is 7.45. The molecule has 0 amide bonds. The van der Waals surface area contributed by atoms with E-state index in [9.17, 15) is 0 Å². The van der Waals surface area contributed by atoms with Gasteiger partial charge in [0.05, 0.1) is 0 Å². The van der Waals surface area contributed by atoms with Gasteiger partial charge in [0.15, 0.2) is 6.39 Å². The van der Waals surface area contributed by atoms with Gasteiger partial charge in [-0.25, -0.2) is 4.98 Å². The van der Waals surface area contributed by atoms with Gasteiger partial charge in [-0.15, -0.1) is 0 Å². The molecule has 3 aromatic rings. The number of anilines is 1. The molecule has 0 unspecified atom stereocenters. The molecule has 1 aliphatic rings. The molecular formula is C16H14ClN3O. The molecule has 0 bridgehead atoms. The van der Waals surface area contributed by atoms with Gasteiger partial charge in [0, 0.05) is 29.2 Å². The summed E-state index contributed by atoms with van der Waals surface area (Å²) < 4.78 is 5.43. The van der Waals surface area contributed by atoms with Gasteiger partial charge in [-0.2, -0.15) is 4.98 Å². The molecule has 0 aliphatic carbocycles. The van der Waals surface area contributed by atoms with Crippen LogP contribution in [0.3, 0.4) is 0 Å². The van der Waals surface area contributed by atoms with Crippen LogP contribution < -0.4 is 4.90 Å². The summed E-state index contributed by atoms with van der Waals surface area (Å²) in [5.41, 5.74) is 3.25. The quantitative estimate of drug-likeness (QED) is 0.713. The van der Waals surface area contributed by atoms with E-state index in [1.165, 1.54) is 19.2 Å². The van der Waals surface area contributed by atoms with Gasteiger partial charge in [0.1, 0.15) is 11.3 Å². The molecule has 21 heavy (non-hydrogen) atoms. The van der Waals surface area contributed by atoms with Crippen LogP contribution in [0, 0.1) is 0 Å². The van der Waals surface area contributed by atoms with Crippen molar-refractivity contribution in [2.75, 3.05) is 18.0 Å². The van der Waals surface area contributed by atoms with E-state index in [4.69, 9.17) is 16.0 Å². The number of nitrogens with zero attached hydrogens (tertiary/aromatic N) is 3. The van der Waals surface area contributed by atoms with Crippen molar-refractivity contribution in [2.45, 2.75) is 12.8 Å². The molecule has 1 fully saturated rings. The summed E-state index contributed by atoms with van der Waals surface area (Å²) in [6.45, 7) is 2.07. The van der Waals surface area contributed by atoms with Crippen LogP contribution >= 0.6 is 11.6 Å². The highest BCUT2D eigenvalue weighted by molar-refractivity contribution is 6.33. The average molecular weight is 300 g/mol. The minimum atomic E-state index is 0.564. The van der Waals surface area contributed by atoms with Gasteiger partial charge in [0.2, 0.25) is 5.71 Å². The first kappa shape index (κ1) is 12.7. The zero-order valence-corrected chi connectivity index (χ0v) is 12.2. The van der Waals surface area contributed by atoms with Crippen LogP contribution in [-0.2, 0) is 0 Å². The predicted molar refractivity (Wildman–Crippen MR) is 83.7 cm³/mol. The third kappa shape index (κ3) is 2.16. The number of aromatic nitrogens is 2. The molecule has 5 heteroatoms. The highest BCUT2D eigenvalue weighted by atomic mass is 35.5. The molecule has 106 valence electrons. The number of hydrogen-bond donors (Lipinski definition) is 0. The lowest BCUT2D eigenvalue weighted by atomic mass is 10.1. The highest BCUT2D eigenvalue weighted by Crippen LogP contribution is 2.35. The van der Waals surface area contributed by atoms with Crippen LogP contribution in [0.4, 0.5) is 5.82 Å². The van der Waals surface area contributed by atoms with E-state index in [1.807, 2.05) is 24.3 Å². The Labute approximate surface area is 127 Å². The van der Waals surface area contributed by atoms with Crippen LogP contribution in [0.25, 0.3) is 22.4 Å². The minimum absolute atomic E-state index is 0.564. The normalized spacial score (nSPS) is 15.0. The third-order valence-electron chi connectivity index (χ3n) is 3.89. The molecule has 2 aromatic heterocycles. The molecule has 0 atom stereocenters. The van der Waals surface area contributed by atoms with Crippen molar-refractivity contribution in [2.24, 2.45) is 0 Å². The molecule has 0 N–H and O–H groups in total. The number of fused-ring (bicyclic) bond motifs is 1. The highest BCUT2D eigenvalue weighted by Gasteiger charge is 2.19. The van der Waals surface area contributed by atoms with Crippen LogP contribution in [0.2, 0.25) is 5.02 Å².